The van der Waals surface area contributed by atoms with E-state index in [-0.39, 0.29) is 18.0 Å². The Hall–Kier alpha value is -2.05. The van der Waals surface area contributed by atoms with Gasteiger partial charge in [0.2, 0.25) is 0 Å². The summed E-state index contributed by atoms with van der Waals surface area (Å²) >= 11 is 7.02. The zero-order chi connectivity index (χ0) is 17.9. The summed E-state index contributed by atoms with van der Waals surface area (Å²) in [6, 6.07) is 8.39. The lowest BCUT2D eigenvalue weighted by molar-refractivity contribution is 0.00706. The first kappa shape index (κ1) is 18.3. The molecule has 0 spiro atoms. The van der Waals surface area contributed by atoms with E-state index in [2.05, 4.69) is 5.32 Å². The number of para-hydroxylation sites is 1. The molecule has 0 aliphatic heterocycles. The fraction of sp³-hybridized carbons (Fsp3) is 0.294. The van der Waals surface area contributed by atoms with Gasteiger partial charge in [0.15, 0.2) is 0 Å². The van der Waals surface area contributed by atoms with E-state index in [0.717, 1.165) is 0 Å². The van der Waals surface area contributed by atoms with E-state index in [1.165, 1.54) is 11.3 Å². The van der Waals surface area contributed by atoms with E-state index in [4.69, 9.17) is 22.1 Å². The molecule has 2 aromatic rings. The minimum Gasteiger partial charge on any atom is -0.456 e. The van der Waals surface area contributed by atoms with Crippen molar-refractivity contribution >= 4 is 40.5 Å². The van der Waals surface area contributed by atoms with Crippen molar-refractivity contribution in [3.8, 4) is 0 Å². The zero-order valence-corrected chi connectivity index (χ0v) is 15.3. The lowest BCUT2D eigenvalue weighted by Crippen LogP contribution is -2.25. The largest absolute Gasteiger partial charge is 0.456 e. The Morgan fingerprint density at radius 3 is 2.54 bits per heavy atom. The van der Waals surface area contributed by atoms with Crippen LogP contribution in [0.3, 0.4) is 0 Å². The normalized spacial score (nSPS) is 11.2. The minimum absolute atomic E-state index is 0.205. The summed E-state index contributed by atoms with van der Waals surface area (Å²) in [6.45, 7) is 5.57. The highest BCUT2D eigenvalue weighted by atomic mass is 35.5. The van der Waals surface area contributed by atoms with Crippen LogP contribution in [0.1, 0.15) is 46.4 Å². The molecule has 1 heterocycles. The molecular weight excluding hydrogens is 348 g/mol. The van der Waals surface area contributed by atoms with Crippen LogP contribution in [-0.4, -0.2) is 17.5 Å². The standard InChI is InChI=1S/C17H19ClN2O3S/c1-17(2,3)23-16(22)11-6-4-5-10(14(11)19)9-20-15(21)12-7-8-13(18)24-12/h4-8H,9,19H2,1-3H3,(H,20,21). The molecule has 2 rings (SSSR count). The third-order valence-electron chi connectivity index (χ3n) is 3.05. The maximum atomic E-state index is 12.2. The molecule has 0 fully saturated rings. The molecule has 0 saturated heterocycles. The maximum Gasteiger partial charge on any atom is 0.340 e. The van der Waals surface area contributed by atoms with Gasteiger partial charge in [-0.15, -0.1) is 11.3 Å². The first-order valence-electron chi connectivity index (χ1n) is 7.31. The van der Waals surface area contributed by atoms with Gasteiger partial charge in [-0.2, -0.15) is 0 Å². The van der Waals surface area contributed by atoms with Crippen molar-refractivity contribution in [2.45, 2.75) is 32.9 Å². The zero-order valence-electron chi connectivity index (χ0n) is 13.7. The Kier molecular flexibility index (Phi) is 5.51. The Morgan fingerprint density at radius 2 is 1.96 bits per heavy atom. The molecule has 128 valence electrons. The van der Waals surface area contributed by atoms with E-state index in [0.29, 0.717) is 20.5 Å². The number of ether oxygens (including phenoxy) is 1. The lowest BCUT2D eigenvalue weighted by atomic mass is 10.1. The van der Waals surface area contributed by atoms with E-state index in [9.17, 15) is 9.59 Å². The number of anilines is 1. The summed E-state index contributed by atoms with van der Waals surface area (Å²) in [5.74, 6) is -0.729. The van der Waals surface area contributed by atoms with Crippen LogP contribution in [0.15, 0.2) is 30.3 Å². The number of thiophene rings is 1. The first-order chi connectivity index (χ1) is 11.2. The van der Waals surface area contributed by atoms with E-state index < -0.39 is 11.6 Å². The van der Waals surface area contributed by atoms with Crippen LogP contribution in [0.25, 0.3) is 0 Å². The summed E-state index contributed by atoms with van der Waals surface area (Å²) in [6.07, 6.45) is 0. The number of halogens is 1. The lowest BCUT2D eigenvalue weighted by Gasteiger charge is -2.20. The number of esters is 1. The van der Waals surface area contributed by atoms with Gasteiger partial charge in [0.25, 0.3) is 5.91 Å². The van der Waals surface area contributed by atoms with Crippen LogP contribution in [0, 0.1) is 0 Å². The van der Waals surface area contributed by atoms with Crippen LogP contribution >= 0.6 is 22.9 Å². The fourth-order valence-corrected chi connectivity index (χ4v) is 2.94. The van der Waals surface area contributed by atoms with Crippen LogP contribution in [0.2, 0.25) is 4.34 Å². The smallest absolute Gasteiger partial charge is 0.340 e. The van der Waals surface area contributed by atoms with Gasteiger partial charge in [0.1, 0.15) is 5.60 Å². The number of nitrogens with one attached hydrogen (secondary N) is 1. The molecule has 0 unspecified atom stereocenters. The summed E-state index contributed by atoms with van der Waals surface area (Å²) < 4.78 is 5.89. The number of nitrogen functional groups attached to an aromatic ring is 1. The second kappa shape index (κ2) is 7.23. The summed E-state index contributed by atoms with van der Waals surface area (Å²) in [5.41, 5.74) is 6.69. The number of amides is 1. The molecule has 0 atom stereocenters. The highest BCUT2D eigenvalue weighted by molar-refractivity contribution is 7.17. The number of carbonyl (C=O) groups excluding carboxylic acids is 2. The molecule has 0 radical (unpaired) electrons. The van der Waals surface area contributed by atoms with Crippen molar-refractivity contribution in [1.29, 1.82) is 0 Å². The van der Waals surface area contributed by atoms with E-state index in [1.807, 2.05) is 0 Å². The van der Waals surface area contributed by atoms with Crippen molar-refractivity contribution < 1.29 is 14.3 Å². The SMILES string of the molecule is CC(C)(C)OC(=O)c1cccc(CNC(=O)c2ccc(Cl)s2)c1N. The molecular formula is C17H19ClN2O3S. The van der Waals surface area contributed by atoms with Crippen LogP contribution in [-0.2, 0) is 11.3 Å². The highest BCUT2D eigenvalue weighted by Gasteiger charge is 2.21. The summed E-state index contributed by atoms with van der Waals surface area (Å²) in [4.78, 5) is 24.8. The highest BCUT2D eigenvalue weighted by Crippen LogP contribution is 2.23. The summed E-state index contributed by atoms with van der Waals surface area (Å²) in [7, 11) is 0. The average Bonchev–Trinajstić information content (AvgIpc) is 2.90. The monoisotopic (exact) mass is 366 g/mol. The number of rotatable bonds is 4. The van der Waals surface area contributed by atoms with Gasteiger partial charge in [-0.3, -0.25) is 4.79 Å². The van der Waals surface area contributed by atoms with Crippen molar-refractivity contribution in [2.75, 3.05) is 5.73 Å². The van der Waals surface area contributed by atoms with Gasteiger partial charge >= 0.3 is 5.97 Å². The first-order valence-corrected chi connectivity index (χ1v) is 8.51. The Balaban J connectivity index is 2.10. The van der Waals surface area contributed by atoms with Gasteiger partial charge in [-0.05, 0) is 44.5 Å². The van der Waals surface area contributed by atoms with Gasteiger partial charge in [0.05, 0.1) is 20.5 Å². The molecule has 7 heteroatoms. The molecule has 0 aliphatic rings. The second-order valence-corrected chi connectivity index (χ2v) is 7.88. The molecule has 1 aromatic heterocycles. The average molecular weight is 367 g/mol. The number of hydrogen-bond donors (Lipinski definition) is 2. The molecule has 1 aromatic carbocycles. The predicted octanol–water partition coefficient (Wildman–Crippen LogP) is 3.87. The molecule has 5 nitrogen and oxygen atoms in total. The predicted molar refractivity (Wildman–Crippen MR) is 96.5 cm³/mol. The molecule has 0 saturated carbocycles. The molecule has 0 bridgehead atoms. The van der Waals surface area contributed by atoms with E-state index in [1.54, 1.807) is 51.1 Å². The van der Waals surface area contributed by atoms with Crippen LogP contribution in [0.4, 0.5) is 5.69 Å². The molecule has 0 aliphatic carbocycles. The van der Waals surface area contributed by atoms with Gasteiger partial charge in [-0.1, -0.05) is 23.7 Å². The molecule has 3 N–H and O–H groups in total. The fourth-order valence-electron chi connectivity index (χ4n) is 1.98. The Bertz CT molecular complexity index is 765. The second-order valence-electron chi connectivity index (χ2n) is 6.17. The van der Waals surface area contributed by atoms with Crippen molar-refractivity contribution in [3.63, 3.8) is 0 Å². The third kappa shape index (κ3) is 4.72. The summed E-state index contributed by atoms with van der Waals surface area (Å²) in [5, 5.41) is 2.76. The Labute approximate surface area is 149 Å². The van der Waals surface area contributed by atoms with Crippen molar-refractivity contribution in [3.05, 3.63) is 50.7 Å². The molecule has 24 heavy (non-hydrogen) atoms. The number of benzene rings is 1. The van der Waals surface area contributed by atoms with Crippen molar-refractivity contribution in [1.82, 2.24) is 5.32 Å². The number of nitrogens with two attached hydrogens (primary N) is 1. The van der Waals surface area contributed by atoms with Crippen LogP contribution in [0.5, 0.6) is 0 Å². The minimum atomic E-state index is -0.605. The third-order valence-corrected chi connectivity index (χ3v) is 4.28. The quantitative estimate of drug-likeness (QED) is 0.635. The van der Waals surface area contributed by atoms with E-state index >= 15 is 0 Å². The number of hydrogen-bond acceptors (Lipinski definition) is 5. The maximum absolute atomic E-state index is 12.2. The van der Waals surface area contributed by atoms with Crippen molar-refractivity contribution in [2.24, 2.45) is 0 Å². The topological polar surface area (TPSA) is 81.4 Å². The van der Waals surface area contributed by atoms with Gasteiger partial charge < -0.3 is 15.8 Å². The van der Waals surface area contributed by atoms with Gasteiger partial charge in [0, 0.05) is 6.54 Å². The Morgan fingerprint density at radius 1 is 1.25 bits per heavy atom. The van der Waals surface area contributed by atoms with Gasteiger partial charge in [-0.25, -0.2) is 4.79 Å². The number of carbonyl (C=O) groups is 2. The molecule has 1 amide bonds. The van der Waals surface area contributed by atoms with Crippen LogP contribution < -0.4 is 11.1 Å².